The van der Waals surface area contributed by atoms with Crippen molar-refractivity contribution in [1.82, 2.24) is 19.8 Å². The molecule has 2 aromatic heterocycles. The van der Waals surface area contributed by atoms with Gasteiger partial charge >= 0.3 is 5.97 Å². The molecule has 0 spiro atoms. The van der Waals surface area contributed by atoms with Gasteiger partial charge in [0.15, 0.2) is 0 Å². The Morgan fingerprint density at radius 2 is 2.04 bits per heavy atom. The normalized spacial score (nSPS) is 17.0. The lowest BCUT2D eigenvalue weighted by Gasteiger charge is -2.37. The van der Waals surface area contributed by atoms with Crippen LogP contribution in [0.4, 0.5) is 0 Å². The molecule has 1 aliphatic heterocycles. The number of pyridine rings is 1. The molecule has 1 saturated heterocycles. The van der Waals surface area contributed by atoms with Gasteiger partial charge in [0, 0.05) is 73.7 Å². The number of nitrogens with zero attached hydrogens (tertiary/aromatic N) is 3. The smallest absolute Gasteiger partial charge is 0.325 e. The summed E-state index contributed by atoms with van der Waals surface area (Å²) in [5.41, 5.74) is 4.08. The van der Waals surface area contributed by atoms with Gasteiger partial charge in [0.2, 0.25) is 0 Å². The summed E-state index contributed by atoms with van der Waals surface area (Å²) >= 11 is 0. The van der Waals surface area contributed by atoms with Gasteiger partial charge in [-0.1, -0.05) is 17.7 Å². The molecule has 0 amide bonds. The quantitative estimate of drug-likeness (QED) is 0.690. The van der Waals surface area contributed by atoms with Crippen LogP contribution in [-0.2, 0) is 11.2 Å². The van der Waals surface area contributed by atoms with Crippen LogP contribution in [0.1, 0.15) is 22.9 Å². The van der Waals surface area contributed by atoms with Gasteiger partial charge < -0.3 is 15.0 Å². The number of hydrogen-bond acceptors (Lipinski definition) is 4. The Hall–Kier alpha value is -2.70. The highest BCUT2D eigenvalue weighted by Gasteiger charge is 2.32. The van der Waals surface area contributed by atoms with Crippen molar-refractivity contribution in [2.45, 2.75) is 19.4 Å². The Morgan fingerprint density at radius 3 is 2.75 bits per heavy atom. The number of fused-ring (bicyclic) bond motifs is 1. The van der Waals surface area contributed by atoms with E-state index in [1.54, 1.807) is 0 Å². The van der Waals surface area contributed by atoms with E-state index in [-0.39, 0.29) is 0 Å². The number of H-pyrrole nitrogens is 1. The maximum absolute atomic E-state index is 12.1. The molecule has 1 aromatic carbocycles. The molecular formula is C22H26N4O2. The number of carboxylic acid groups (broad SMARTS) is 1. The molecule has 0 saturated carbocycles. The predicted molar refractivity (Wildman–Crippen MR) is 109 cm³/mol. The van der Waals surface area contributed by atoms with Crippen LogP contribution in [0.3, 0.4) is 0 Å². The number of nitrogens with one attached hydrogen (secondary N) is 1. The van der Waals surface area contributed by atoms with Gasteiger partial charge in [0.1, 0.15) is 6.04 Å². The maximum atomic E-state index is 12.1. The largest absolute Gasteiger partial charge is 0.480 e. The molecule has 1 fully saturated rings. The topological polar surface area (TPSA) is 72.5 Å². The number of hydrogen-bond donors (Lipinski definition) is 2. The van der Waals surface area contributed by atoms with Crippen LogP contribution < -0.4 is 0 Å². The Bertz CT molecular complexity index is 946. The van der Waals surface area contributed by atoms with E-state index in [4.69, 9.17) is 0 Å². The number of aliphatic carboxylic acids is 1. The first-order valence-electron chi connectivity index (χ1n) is 9.78. The molecule has 1 atom stereocenters. The second kappa shape index (κ2) is 8.12. The molecule has 6 heteroatoms. The molecule has 28 heavy (non-hydrogen) atoms. The molecule has 0 unspecified atom stereocenters. The van der Waals surface area contributed by atoms with Crippen LogP contribution in [-0.4, -0.2) is 63.6 Å². The van der Waals surface area contributed by atoms with E-state index in [0.717, 1.165) is 66.9 Å². The fourth-order valence-electron chi connectivity index (χ4n) is 4.03. The molecule has 4 rings (SSSR count). The Kier molecular flexibility index (Phi) is 5.41. The first-order chi connectivity index (χ1) is 13.6. The van der Waals surface area contributed by atoms with Crippen molar-refractivity contribution in [1.29, 1.82) is 0 Å². The van der Waals surface area contributed by atoms with Crippen molar-refractivity contribution in [2.75, 3.05) is 32.7 Å². The summed E-state index contributed by atoms with van der Waals surface area (Å²) in [5.74, 6) is -0.788. The summed E-state index contributed by atoms with van der Waals surface area (Å²) in [5, 5.41) is 11.0. The fourth-order valence-corrected chi connectivity index (χ4v) is 4.03. The lowest BCUT2D eigenvalue weighted by atomic mass is 10.0. The molecule has 3 aromatic rings. The summed E-state index contributed by atoms with van der Waals surface area (Å²) in [6.07, 6.45) is 4.61. The van der Waals surface area contributed by atoms with Crippen molar-refractivity contribution < 1.29 is 9.90 Å². The Labute approximate surface area is 164 Å². The number of aryl methyl sites for hydroxylation is 1. The number of piperazine rings is 1. The minimum absolute atomic E-state index is 0.617. The molecular weight excluding hydrogens is 352 g/mol. The van der Waals surface area contributed by atoms with Crippen molar-refractivity contribution in [3.8, 4) is 0 Å². The number of carboxylic acids is 1. The van der Waals surface area contributed by atoms with E-state index in [1.165, 1.54) is 0 Å². The van der Waals surface area contributed by atoms with Gasteiger partial charge in [-0.3, -0.25) is 14.7 Å². The summed E-state index contributed by atoms with van der Waals surface area (Å²) in [7, 11) is 0. The minimum atomic E-state index is -0.788. The van der Waals surface area contributed by atoms with Crippen molar-refractivity contribution in [3.05, 3.63) is 65.6 Å². The number of benzene rings is 1. The molecule has 6 nitrogen and oxygen atoms in total. The van der Waals surface area contributed by atoms with Gasteiger partial charge in [0.25, 0.3) is 0 Å². The van der Waals surface area contributed by atoms with Crippen molar-refractivity contribution in [2.24, 2.45) is 0 Å². The SMILES string of the molecule is Cc1ccc2[nH]cc([C@H](C(=O)O)N3CCN(CCc4ccccn4)CC3)c2c1. The van der Waals surface area contributed by atoms with Gasteiger partial charge in [-0.25, -0.2) is 0 Å². The van der Waals surface area contributed by atoms with Crippen LogP contribution in [0.25, 0.3) is 10.9 Å². The van der Waals surface area contributed by atoms with Crippen LogP contribution in [0, 0.1) is 6.92 Å². The average Bonchev–Trinajstić information content (AvgIpc) is 3.11. The number of aromatic nitrogens is 2. The van der Waals surface area contributed by atoms with E-state index < -0.39 is 12.0 Å². The van der Waals surface area contributed by atoms with Crippen LogP contribution in [0.5, 0.6) is 0 Å². The lowest BCUT2D eigenvalue weighted by Crippen LogP contribution is -2.49. The molecule has 0 radical (unpaired) electrons. The summed E-state index contributed by atoms with van der Waals surface area (Å²) in [4.78, 5) is 24.2. The van der Waals surface area contributed by atoms with Gasteiger partial charge in [-0.15, -0.1) is 0 Å². The van der Waals surface area contributed by atoms with E-state index in [9.17, 15) is 9.90 Å². The number of rotatable bonds is 6. The highest BCUT2D eigenvalue weighted by molar-refractivity contribution is 5.89. The highest BCUT2D eigenvalue weighted by atomic mass is 16.4. The fraction of sp³-hybridized carbons (Fsp3) is 0.364. The monoisotopic (exact) mass is 378 g/mol. The molecule has 2 N–H and O–H groups in total. The number of aromatic amines is 1. The molecule has 1 aliphatic rings. The van der Waals surface area contributed by atoms with E-state index >= 15 is 0 Å². The first kappa shape index (κ1) is 18.7. The van der Waals surface area contributed by atoms with Crippen LogP contribution in [0.15, 0.2) is 48.8 Å². The third-order valence-electron chi connectivity index (χ3n) is 5.58. The average molecular weight is 378 g/mol. The first-order valence-corrected chi connectivity index (χ1v) is 9.78. The Morgan fingerprint density at radius 1 is 1.21 bits per heavy atom. The third-order valence-corrected chi connectivity index (χ3v) is 5.58. The van der Waals surface area contributed by atoms with Crippen LogP contribution >= 0.6 is 0 Å². The van der Waals surface area contributed by atoms with Crippen molar-refractivity contribution >= 4 is 16.9 Å². The minimum Gasteiger partial charge on any atom is -0.480 e. The predicted octanol–water partition coefficient (Wildman–Crippen LogP) is 2.86. The second-order valence-electron chi connectivity index (χ2n) is 7.48. The zero-order chi connectivity index (χ0) is 19.5. The van der Waals surface area contributed by atoms with E-state index in [2.05, 4.69) is 31.9 Å². The van der Waals surface area contributed by atoms with Gasteiger partial charge in [-0.2, -0.15) is 0 Å². The standard InChI is InChI=1S/C22H26N4O2/c1-16-5-6-20-18(14-16)19(15-24-20)21(22(27)28)26-12-10-25(11-13-26)9-7-17-4-2-3-8-23-17/h2-6,8,14-15,21,24H,7,9-13H2,1H3,(H,27,28)/t21-/m1/s1. The third kappa shape index (κ3) is 3.93. The molecule has 3 heterocycles. The van der Waals surface area contributed by atoms with Gasteiger partial charge in [-0.05, 0) is 31.2 Å². The zero-order valence-electron chi connectivity index (χ0n) is 16.1. The summed E-state index contributed by atoms with van der Waals surface area (Å²) in [6, 6.07) is 11.5. The maximum Gasteiger partial charge on any atom is 0.325 e. The van der Waals surface area contributed by atoms with Crippen LogP contribution in [0.2, 0.25) is 0 Å². The van der Waals surface area contributed by atoms with E-state index in [1.807, 2.05) is 43.6 Å². The zero-order valence-corrected chi connectivity index (χ0v) is 16.1. The van der Waals surface area contributed by atoms with Crippen molar-refractivity contribution in [3.63, 3.8) is 0 Å². The summed E-state index contributed by atoms with van der Waals surface area (Å²) < 4.78 is 0. The highest BCUT2D eigenvalue weighted by Crippen LogP contribution is 2.30. The summed E-state index contributed by atoms with van der Waals surface area (Å²) in [6.45, 7) is 6.23. The lowest BCUT2D eigenvalue weighted by molar-refractivity contribution is -0.144. The molecule has 0 bridgehead atoms. The Balaban J connectivity index is 1.44. The van der Waals surface area contributed by atoms with E-state index in [0.29, 0.717) is 0 Å². The molecule has 0 aliphatic carbocycles. The van der Waals surface area contributed by atoms with Gasteiger partial charge in [0.05, 0.1) is 0 Å². The number of carbonyl (C=O) groups is 1. The molecule has 146 valence electrons. The second-order valence-corrected chi connectivity index (χ2v) is 7.48.